The first-order valence-electron chi connectivity index (χ1n) is 29.3. The third-order valence-corrected chi connectivity index (χ3v) is 12.0. The van der Waals surface area contributed by atoms with Crippen LogP contribution in [-0.2, 0) is 42.7 Å². The third-order valence-electron chi connectivity index (χ3n) is 12.0. The van der Waals surface area contributed by atoms with E-state index < -0.39 is 24.8 Å². The molecule has 2 atom stereocenters. The van der Waals surface area contributed by atoms with Crippen LogP contribution in [0, 0.1) is 5.92 Å². The minimum absolute atomic E-state index is 0.120. The molecular weight excluding hydrogens is 871 g/mol. The predicted octanol–water partition coefficient (Wildman–Crippen LogP) is 15.9. The Morgan fingerprint density at radius 2 is 0.725 bits per heavy atom. The zero-order valence-corrected chi connectivity index (χ0v) is 47.4. The molecular formula is C58H119NO10. The first-order valence-corrected chi connectivity index (χ1v) is 29.3. The number of aliphatic hydroxyl groups is 1. The summed E-state index contributed by atoms with van der Waals surface area (Å²) in [5.74, 6) is 0.251. The average molecular weight is 991 g/mol. The normalized spacial score (nSPS) is 15.4. The van der Waals surface area contributed by atoms with Crippen LogP contribution in [0.15, 0.2) is 0 Å². The Morgan fingerprint density at radius 1 is 0.464 bits per heavy atom. The fourth-order valence-corrected chi connectivity index (χ4v) is 7.44. The van der Waals surface area contributed by atoms with Crippen LogP contribution in [0.2, 0.25) is 0 Å². The van der Waals surface area contributed by atoms with Crippen molar-refractivity contribution < 1.29 is 47.9 Å². The minimum atomic E-state index is -0.543. The van der Waals surface area contributed by atoms with Gasteiger partial charge in [0.05, 0.1) is 25.7 Å². The summed E-state index contributed by atoms with van der Waals surface area (Å²) in [6.45, 7) is 24.9. The number of ether oxygens (including phenoxy) is 7. The molecule has 0 radical (unpaired) electrons. The van der Waals surface area contributed by atoms with Crippen molar-refractivity contribution in [3.8, 4) is 0 Å². The van der Waals surface area contributed by atoms with Crippen LogP contribution in [0.5, 0.6) is 0 Å². The highest BCUT2D eigenvalue weighted by molar-refractivity contribution is 5.70. The van der Waals surface area contributed by atoms with Crippen molar-refractivity contribution in [2.75, 3.05) is 39.8 Å². The van der Waals surface area contributed by atoms with Crippen molar-refractivity contribution in [1.82, 2.24) is 0 Å². The number of carbonyl (C=O) groups excluding carboxylic acids is 2. The van der Waals surface area contributed by atoms with E-state index in [-0.39, 0.29) is 37.6 Å². The molecule has 1 aliphatic carbocycles. The van der Waals surface area contributed by atoms with Crippen LogP contribution in [0.1, 0.15) is 288 Å². The van der Waals surface area contributed by atoms with Crippen molar-refractivity contribution in [2.45, 2.75) is 318 Å². The SMILES string of the molecule is CCC.CCC(C)C.CCCCCCCCOC(CCC(=O)OC1CC(OCCCC)CC1OC(=O)CCC(OCCCCCCCC)OCCCCCCCC)OCCCCCCCC.NCO. The maximum absolute atomic E-state index is 13.3. The molecule has 0 aromatic rings. The summed E-state index contributed by atoms with van der Waals surface area (Å²) in [6.07, 6.45) is 33.4. The Balaban J connectivity index is -0.00000356. The van der Waals surface area contributed by atoms with Gasteiger partial charge in [-0.2, -0.15) is 0 Å². The second-order valence-corrected chi connectivity index (χ2v) is 19.6. The molecule has 3 N–H and O–H groups in total. The summed E-state index contributed by atoms with van der Waals surface area (Å²) < 4.78 is 42.9. The van der Waals surface area contributed by atoms with E-state index in [0.717, 1.165) is 70.1 Å². The molecule has 1 fully saturated rings. The van der Waals surface area contributed by atoms with Gasteiger partial charge < -0.3 is 44.0 Å². The average Bonchev–Trinajstić information content (AvgIpc) is 3.70. The standard InChI is InChI=1S/C49H94O9.C5H12.C3H8.CH5NO/c1-6-11-16-20-24-28-37-53-48(54-38-29-25-21-17-12-7-2)34-32-46(50)57-44-41-43(52-36-15-10-5)42-45(44)58-47(51)33-35-49(55-39-30-26-22-18-13-8-3)56-40-31-27-23-19-14-9-4;1-4-5(2)3;1-3-2;2-1-3/h43-45,48-49H,6-42H2,1-5H3;5H,4H2,1-3H3;3H2,1-2H3;3H,1-2H2. The molecule has 11 nitrogen and oxygen atoms in total. The number of carbonyl (C=O) groups is 2. The molecule has 2 unspecified atom stereocenters. The van der Waals surface area contributed by atoms with Crippen LogP contribution < -0.4 is 5.73 Å². The second kappa shape index (κ2) is 59.2. The van der Waals surface area contributed by atoms with Gasteiger partial charge in [-0.15, -0.1) is 0 Å². The molecule has 0 aromatic heterocycles. The lowest BCUT2D eigenvalue weighted by Crippen LogP contribution is -2.31. The van der Waals surface area contributed by atoms with Gasteiger partial charge in [-0.25, -0.2) is 0 Å². The van der Waals surface area contributed by atoms with Gasteiger partial charge in [0.1, 0.15) is 12.2 Å². The van der Waals surface area contributed by atoms with E-state index in [1.807, 2.05) is 0 Å². The van der Waals surface area contributed by atoms with E-state index in [9.17, 15) is 9.59 Å². The largest absolute Gasteiger partial charge is 0.458 e. The number of esters is 2. The number of aliphatic hydroxyl groups excluding tert-OH is 1. The number of rotatable bonds is 45. The highest BCUT2D eigenvalue weighted by Crippen LogP contribution is 2.30. The number of hydrogen-bond acceptors (Lipinski definition) is 11. The number of hydrogen-bond donors (Lipinski definition) is 2. The Morgan fingerprint density at radius 3 is 0.986 bits per heavy atom. The van der Waals surface area contributed by atoms with E-state index in [2.05, 4.69) is 75.0 Å². The Labute approximate surface area is 428 Å². The smallest absolute Gasteiger partial charge is 0.306 e. The quantitative estimate of drug-likeness (QED) is 0.0342. The Kier molecular flexibility index (Phi) is 61.7. The number of unbranched alkanes of at least 4 members (excludes halogenated alkanes) is 21. The van der Waals surface area contributed by atoms with E-state index in [0.29, 0.717) is 58.7 Å². The molecule has 0 amide bonds. The van der Waals surface area contributed by atoms with Gasteiger partial charge in [-0.05, 0) is 38.0 Å². The molecule has 11 heteroatoms. The summed E-state index contributed by atoms with van der Waals surface area (Å²) in [7, 11) is 0. The fraction of sp³-hybridized carbons (Fsp3) is 0.966. The van der Waals surface area contributed by atoms with Crippen LogP contribution in [-0.4, -0.2) is 87.7 Å². The molecule has 0 heterocycles. The van der Waals surface area contributed by atoms with Gasteiger partial charge in [-0.1, -0.05) is 217 Å². The number of nitrogens with two attached hydrogens (primary N) is 1. The third kappa shape index (κ3) is 54.3. The molecule has 0 aliphatic heterocycles. The summed E-state index contributed by atoms with van der Waals surface area (Å²) in [5, 5.41) is 7.35. The molecule has 0 aromatic carbocycles. The lowest BCUT2D eigenvalue weighted by atomic mass is 10.1. The van der Waals surface area contributed by atoms with Crippen molar-refractivity contribution in [3.63, 3.8) is 0 Å². The van der Waals surface area contributed by atoms with Gasteiger partial charge in [-0.3, -0.25) is 9.59 Å². The van der Waals surface area contributed by atoms with Crippen LogP contribution in [0.25, 0.3) is 0 Å². The van der Waals surface area contributed by atoms with E-state index in [1.165, 1.54) is 116 Å². The highest BCUT2D eigenvalue weighted by atomic mass is 16.7. The Bertz CT molecular complexity index is 900. The van der Waals surface area contributed by atoms with Crippen molar-refractivity contribution in [2.24, 2.45) is 11.7 Å². The first kappa shape index (κ1) is 71.9. The monoisotopic (exact) mass is 990 g/mol. The lowest BCUT2D eigenvalue weighted by Gasteiger charge is -2.22. The van der Waals surface area contributed by atoms with E-state index in [1.54, 1.807) is 0 Å². The fourth-order valence-electron chi connectivity index (χ4n) is 7.44. The van der Waals surface area contributed by atoms with Crippen LogP contribution in [0.3, 0.4) is 0 Å². The zero-order chi connectivity index (χ0) is 51.9. The van der Waals surface area contributed by atoms with E-state index in [4.69, 9.17) is 38.3 Å². The molecule has 416 valence electrons. The maximum Gasteiger partial charge on any atom is 0.306 e. The Hall–Kier alpha value is -1.34. The van der Waals surface area contributed by atoms with Gasteiger partial charge in [0.15, 0.2) is 12.6 Å². The summed E-state index contributed by atoms with van der Waals surface area (Å²) in [5.41, 5.74) is 4.40. The van der Waals surface area contributed by atoms with E-state index >= 15 is 0 Å². The molecule has 1 saturated carbocycles. The molecule has 1 rings (SSSR count). The van der Waals surface area contributed by atoms with Gasteiger partial charge in [0, 0.05) is 58.7 Å². The first-order chi connectivity index (χ1) is 33.6. The van der Waals surface area contributed by atoms with Gasteiger partial charge in [0.25, 0.3) is 0 Å². The van der Waals surface area contributed by atoms with Crippen LogP contribution >= 0.6 is 0 Å². The van der Waals surface area contributed by atoms with Crippen LogP contribution in [0.4, 0.5) is 0 Å². The summed E-state index contributed by atoms with van der Waals surface area (Å²) in [4.78, 5) is 26.6. The molecule has 0 saturated heterocycles. The molecule has 0 bridgehead atoms. The van der Waals surface area contributed by atoms with Gasteiger partial charge >= 0.3 is 11.9 Å². The van der Waals surface area contributed by atoms with Gasteiger partial charge in [0.2, 0.25) is 0 Å². The zero-order valence-electron chi connectivity index (χ0n) is 47.4. The van der Waals surface area contributed by atoms with Crippen molar-refractivity contribution >= 4 is 11.9 Å². The highest BCUT2D eigenvalue weighted by Gasteiger charge is 2.40. The predicted molar refractivity (Wildman–Crippen MR) is 289 cm³/mol. The maximum atomic E-state index is 13.3. The van der Waals surface area contributed by atoms with Crippen molar-refractivity contribution in [3.05, 3.63) is 0 Å². The molecule has 1 aliphatic rings. The van der Waals surface area contributed by atoms with Crippen molar-refractivity contribution in [1.29, 1.82) is 0 Å². The molecule has 69 heavy (non-hydrogen) atoms. The second-order valence-electron chi connectivity index (χ2n) is 19.6. The summed E-state index contributed by atoms with van der Waals surface area (Å²) in [6, 6.07) is 0. The lowest BCUT2D eigenvalue weighted by molar-refractivity contribution is -0.173. The molecule has 0 spiro atoms. The summed E-state index contributed by atoms with van der Waals surface area (Å²) >= 11 is 0. The topological polar surface area (TPSA) is 145 Å². The minimum Gasteiger partial charge on any atom is -0.458 e.